The minimum absolute atomic E-state index is 0.250. The summed E-state index contributed by atoms with van der Waals surface area (Å²) in [4.78, 5) is 8.88. The van der Waals surface area contributed by atoms with Gasteiger partial charge >= 0.3 is 0 Å². The number of hydrogen-bond donors (Lipinski definition) is 0. The lowest BCUT2D eigenvalue weighted by molar-refractivity contribution is 0.552. The molecule has 0 atom stereocenters. The summed E-state index contributed by atoms with van der Waals surface area (Å²) in [6, 6.07) is 17.3. The molecule has 5 heteroatoms. The normalized spacial score (nSPS) is 11.2. The Bertz CT molecular complexity index is 980. The molecular formula is C26H29F2N3. The molecule has 0 amide bonds. The highest BCUT2D eigenvalue weighted by atomic mass is 19.1. The third-order valence-corrected chi connectivity index (χ3v) is 5.32. The summed E-state index contributed by atoms with van der Waals surface area (Å²) < 4.78 is 26.8. The fraction of sp³-hybridized carbons (Fsp3) is 0.269. The molecule has 0 heterocycles. The van der Waals surface area contributed by atoms with E-state index in [0.717, 1.165) is 40.2 Å². The van der Waals surface area contributed by atoms with Gasteiger partial charge in [-0.05, 0) is 79.4 Å². The number of aliphatic imine (C=N–C) groups is 1. The molecule has 3 aromatic carbocycles. The predicted molar refractivity (Wildman–Crippen MR) is 125 cm³/mol. The molecule has 3 aromatic rings. The van der Waals surface area contributed by atoms with Crippen molar-refractivity contribution >= 4 is 17.7 Å². The monoisotopic (exact) mass is 421 g/mol. The fourth-order valence-corrected chi connectivity index (χ4v) is 3.35. The minimum atomic E-state index is -0.250. The quantitative estimate of drug-likeness (QED) is 0.310. The van der Waals surface area contributed by atoms with Gasteiger partial charge in [0, 0.05) is 32.4 Å². The molecule has 0 aliphatic heterocycles. The van der Waals surface area contributed by atoms with Gasteiger partial charge in [0.25, 0.3) is 0 Å². The largest absolute Gasteiger partial charge is 0.366 e. The van der Waals surface area contributed by atoms with Crippen molar-refractivity contribution in [2.24, 2.45) is 4.99 Å². The third-order valence-electron chi connectivity index (χ3n) is 5.32. The molecule has 0 aromatic heterocycles. The van der Waals surface area contributed by atoms with Crippen LogP contribution in [0.5, 0.6) is 0 Å². The molecule has 0 N–H and O–H groups in total. The van der Waals surface area contributed by atoms with Crippen LogP contribution < -0.4 is 4.90 Å². The summed E-state index contributed by atoms with van der Waals surface area (Å²) in [5.41, 5.74) is 6.20. The average molecular weight is 422 g/mol. The van der Waals surface area contributed by atoms with Crippen LogP contribution in [0.3, 0.4) is 0 Å². The maximum absolute atomic E-state index is 13.4. The van der Waals surface area contributed by atoms with Gasteiger partial charge in [-0.25, -0.2) is 13.8 Å². The predicted octanol–water partition coefficient (Wildman–Crippen LogP) is 6.40. The van der Waals surface area contributed by atoms with Gasteiger partial charge in [0.05, 0.1) is 12.0 Å². The van der Waals surface area contributed by atoms with Gasteiger partial charge in [-0.15, -0.1) is 0 Å². The average Bonchev–Trinajstić information content (AvgIpc) is 2.76. The smallest absolute Gasteiger partial charge is 0.123 e. The molecule has 0 unspecified atom stereocenters. The van der Waals surface area contributed by atoms with Crippen molar-refractivity contribution in [3.8, 4) is 0 Å². The lowest BCUT2D eigenvalue weighted by atomic mass is 10.1. The summed E-state index contributed by atoms with van der Waals surface area (Å²) in [7, 11) is 1.99. The van der Waals surface area contributed by atoms with Gasteiger partial charge in [0.1, 0.15) is 11.6 Å². The van der Waals surface area contributed by atoms with E-state index in [9.17, 15) is 8.78 Å². The van der Waals surface area contributed by atoms with E-state index in [4.69, 9.17) is 0 Å². The number of benzene rings is 3. The molecule has 0 saturated carbocycles. The van der Waals surface area contributed by atoms with Crippen LogP contribution in [0, 0.1) is 25.5 Å². The van der Waals surface area contributed by atoms with Crippen LogP contribution in [0.4, 0.5) is 20.2 Å². The van der Waals surface area contributed by atoms with Gasteiger partial charge in [0.2, 0.25) is 0 Å². The van der Waals surface area contributed by atoms with Crippen molar-refractivity contribution in [3.63, 3.8) is 0 Å². The van der Waals surface area contributed by atoms with Gasteiger partial charge in [-0.1, -0.05) is 24.3 Å². The van der Waals surface area contributed by atoms with Crippen molar-refractivity contribution in [2.45, 2.75) is 33.9 Å². The fourth-order valence-electron chi connectivity index (χ4n) is 3.35. The molecule has 162 valence electrons. The van der Waals surface area contributed by atoms with Crippen LogP contribution in [0.2, 0.25) is 0 Å². The van der Waals surface area contributed by atoms with Crippen molar-refractivity contribution in [2.75, 3.05) is 18.5 Å². The second kappa shape index (κ2) is 10.2. The van der Waals surface area contributed by atoms with E-state index in [1.165, 1.54) is 24.3 Å². The number of anilines is 1. The zero-order valence-corrected chi connectivity index (χ0v) is 18.6. The molecular weight excluding hydrogens is 392 g/mol. The van der Waals surface area contributed by atoms with E-state index in [1.54, 1.807) is 24.3 Å². The highest BCUT2D eigenvalue weighted by molar-refractivity contribution is 5.68. The van der Waals surface area contributed by atoms with E-state index < -0.39 is 0 Å². The lowest BCUT2D eigenvalue weighted by Crippen LogP contribution is -2.23. The van der Waals surface area contributed by atoms with E-state index in [1.807, 2.05) is 18.3 Å². The topological polar surface area (TPSA) is 18.8 Å². The molecule has 3 nitrogen and oxygen atoms in total. The first-order chi connectivity index (χ1) is 14.9. The van der Waals surface area contributed by atoms with E-state index in [2.05, 4.69) is 42.8 Å². The maximum Gasteiger partial charge on any atom is 0.123 e. The summed E-state index contributed by atoms with van der Waals surface area (Å²) in [6.45, 7) is 8.31. The Morgan fingerprint density at radius 1 is 0.806 bits per heavy atom. The minimum Gasteiger partial charge on any atom is -0.366 e. The number of hydrogen-bond acceptors (Lipinski definition) is 2. The molecule has 0 fully saturated rings. The molecule has 0 radical (unpaired) electrons. The van der Waals surface area contributed by atoms with E-state index >= 15 is 0 Å². The summed E-state index contributed by atoms with van der Waals surface area (Å²) in [5.74, 6) is -0.500. The standard InChI is InChI=1S/C26H29F2N3/c1-5-30(4)18-29-25-14-20(3)26(15-19(25)2)31(16-21-6-10-23(27)11-7-21)17-22-8-12-24(28)13-9-22/h6-15,18H,5,16-17H2,1-4H3. The second-order valence-corrected chi connectivity index (χ2v) is 7.85. The Morgan fingerprint density at radius 2 is 1.32 bits per heavy atom. The summed E-state index contributed by atoms with van der Waals surface area (Å²) >= 11 is 0. The number of nitrogens with zero attached hydrogens (tertiary/aromatic N) is 3. The van der Waals surface area contributed by atoms with Crippen LogP contribution in [-0.2, 0) is 13.1 Å². The Morgan fingerprint density at radius 3 is 1.81 bits per heavy atom. The Balaban J connectivity index is 1.95. The molecule has 3 rings (SSSR count). The van der Waals surface area contributed by atoms with Gasteiger partial charge in [-0.3, -0.25) is 0 Å². The summed E-state index contributed by atoms with van der Waals surface area (Å²) in [5, 5.41) is 0. The lowest BCUT2D eigenvalue weighted by Gasteiger charge is -2.28. The first kappa shape index (κ1) is 22.5. The first-order valence-corrected chi connectivity index (χ1v) is 10.4. The third kappa shape index (κ3) is 6.14. The van der Waals surface area contributed by atoms with E-state index in [-0.39, 0.29) is 11.6 Å². The van der Waals surface area contributed by atoms with Crippen molar-refractivity contribution in [1.82, 2.24) is 4.90 Å². The summed E-state index contributed by atoms with van der Waals surface area (Å²) in [6.07, 6.45) is 1.84. The molecule has 0 spiro atoms. The van der Waals surface area contributed by atoms with Gasteiger partial charge < -0.3 is 9.80 Å². The van der Waals surface area contributed by atoms with Crippen molar-refractivity contribution in [3.05, 3.63) is 94.6 Å². The number of aryl methyl sites for hydroxylation is 2. The maximum atomic E-state index is 13.4. The number of halogens is 2. The van der Waals surface area contributed by atoms with E-state index in [0.29, 0.717) is 13.1 Å². The van der Waals surface area contributed by atoms with Gasteiger partial charge in [-0.2, -0.15) is 0 Å². The van der Waals surface area contributed by atoms with Gasteiger partial charge in [0.15, 0.2) is 0 Å². The van der Waals surface area contributed by atoms with Crippen LogP contribution in [0.1, 0.15) is 29.2 Å². The second-order valence-electron chi connectivity index (χ2n) is 7.85. The highest BCUT2D eigenvalue weighted by Gasteiger charge is 2.14. The Hall–Kier alpha value is -3.21. The zero-order valence-electron chi connectivity index (χ0n) is 18.6. The van der Waals surface area contributed by atoms with Crippen LogP contribution >= 0.6 is 0 Å². The zero-order chi connectivity index (χ0) is 22.4. The molecule has 0 aliphatic carbocycles. The van der Waals surface area contributed by atoms with Crippen LogP contribution in [0.15, 0.2) is 65.7 Å². The number of rotatable bonds is 8. The molecule has 0 saturated heterocycles. The Kier molecular flexibility index (Phi) is 7.40. The Labute approximate surface area is 183 Å². The van der Waals surface area contributed by atoms with Crippen molar-refractivity contribution < 1.29 is 8.78 Å². The SMILES string of the molecule is CCN(C)C=Nc1cc(C)c(N(Cc2ccc(F)cc2)Cc2ccc(F)cc2)cc1C. The highest BCUT2D eigenvalue weighted by Crippen LogP contribution is 2.31. The van der Waals surface area contributed by atoms with Crippen LogP contribution in [0.25, 0.3) is 0 Å². The first-order valence-electron chi connectivity index (χ1n) is 10.4. The molecule has 0 bridgehead atoms. The van der Waals surface area contributed by atoms with Crippen LogP contribution in [-0.4, -0.2) is 24.8 Å². The van der Waals surface area contributed by atoms with Crippen molar-refractivity contribution in [1.29, 1.82) is 0 Å². The molecule has 31 heavy (non-hydrogen) atoms. The molecule has 0 aliphatic rings.